The Morgan fingerprint density at radius 3 is 3.08 bits per heavy atom. The maximum absolute atomic E-state index is 12.4. The highest BCUT2D eigenvalue weighted by Crippen LogP contribution is 2.35. The molecule has 26 heavy (non-hydrogen) atoms. The molecule has 4 rings (SSSR count). The van der Waals surface area contributed by atoms with Gasteiger partial charge in [-0.2, -0.15) is 10.1 Å². The zero-order valence-corrected chi connectivity index (χ0v) is 14.3. The van der Waals surface area contributed by atoms with Gasteiger partial charge in [0.1, 0.15) is 24.7 Å². The van der Waals surface area contributed by atoms with E-state index in [0.29, 0.717) is 29.8 Å². The van der Waals surface area contributed by atoms with Crippen LogP contribution < -0.4 is 10.1 Å². The van der Waals surface area contributed by atoms with Crippen molar-refractivity contribution in [1.29, 1.82) is 0 Å². The molecule has 3 heterocycles. The fourth-order valence-corrected chi connectivity index (χ4v) is 2.85. The van der Waals surface area contributed by atoms with Crippen molar-refractivity contribution in [2.24, 2.45) is 7.05 Å². The Bertz CT molecular complexity index is 948. The number of ether oxygens (including phenoxy) is 2. The zero-order chi connectivity index (χ0) is 18.1. The molecule has 0 saturated carbocycles. The topological polar surface area (TPSA) is 104 Å². The fraction of sp³-hybridized carbons (Fsp3) is 0.294. The lowest BCUT2D eigenvalue weighted by Crippen LogP contribution is -2.30. The molecule has 0 unspecified atom stereocenters. The van der Waals surface area contributed by atoms with Gasteiger partial charge in [0.25, 0.3) is 11.8 Å². The molecule has 1 amide bonds. The minimum Gasteiger partial charge on any atom is -0.491 e. The number of carbonyl (C=O) groups is 1. The molecule has 1 aliphatic rings. The van der Waals surface area contributed by atoms with Crippen molar-refractivity contribution in [3.05, 3.63) is 47.6 Å². The van der Waals surface area contributed by atoms with Crippen molar-refractivity contribution < 1.29 is 18.8 Å². The molecule has 9 nitrogen and oxygen atoms in total. The molecule has 0 aliphatic carbocycles. The number of nitrogens with one attached hydrogen (secondary N) is 1. The van der Waals surface area contributed by atoms with Gasteiger partial charge in [0, 0.05) is 31.5 Å². The van der Waals surface area contributed by atoms with Gasteiger partial charge < -0.3 is 19.3 Å². The Kier molecular flexibility index (Phi) is 4.13. The predicted octanol–water partition coefficient (Wildman–Crippen LogP) is 1.48. The summed E-state index contributed by atoms with van der Waals surface area (Å²) < 4.78 is 17.3. The number of nitrogens with zero attached hydrogens (tertiary/aromatic N) is 4. The second-order valence-corrected chi connectivity index (χ2v) is 5.87. The average Bonchev–Trinajstić information content (AvgIpc) is 3.35. The maximum Gasteiger partial charge on any atom is 0.270 e. The number of hydrogen-bond acceptors (Lipinski definition) is 7. The van der Waals surface area contributed by atoms with Crippen LogP contribution in [-0.4, -0.2) is 39.5 Å². The number of carbonyl (C=O) groups excluding carboxylic acids is 1. The van der Waals surface area contributed by atoms with E-state index in [0.717, 1.165) is 11.1 Å². The third-order valence-corrected chi connectivity index (χ3v) is 4.15. The summed E-state index contributed by atoms with van der Waals surface area (Å²) in [5.74, 6) is 1.37. The summed E-state index contributed by atoms with van der Waals surface area (Å²) in [5.41, 5.74) is 2.17. The average molecular weight is 355 g/mol. The first-order valence-corrected chi connectivity index (χ1v) is 8.03. The SMILES string of the molecule is COCc1nc(-c2ccc3c(c2)OC[C@H]3NC(=O)c2ccnn2C)no1. The van der Waals surface area contributed by atoms with Gasteiger partial charge in [-0.3, -0.25) is 9.48 Å². The van der Waals surface area contributed by atoms with Crippen LogP contribution in [0.1, 0.15) is 28.0 Å². The van der Waals surface area contributed by atoms with Gasteiger partial charge in [0.15, 0.2) is 0 Å². The molecule has 0 bridgehead atoms. The number of hydrogen-bond donors (Lipinski definition) is 1. The highest BCUT2D eigenvalue weighted by molar-refractivity contribution is 5.92. The Hall–Kier alpha value is -3.20. The lowest BCUT2D eigenvalue weighted by atomic mass is 10.1. The van der Waals surface area contributed by atoms with Crippen LogP contribution in [0.4, 0.5) is 0 Å². The van der Waals surface area contributed by atoms with E-state index in [9.17, 15) is 4.79 Å². The number of amides is 1. The van der Waals surface area contributed by atoms with E-state index in [1.807, 2.05) is 18.2 Å². The molecule has 0 fully saturated rings. The minimum absolute atomic E-state index is 0.196. The number of fused-ring (bicyclic) bond motifs is 1. The number of benzene rings is 1. The molecule has 3 aromatic rings. The van der Waals surface area contributed by atoms with E-state index in [2.05, 4.69) is 20.6 Å². The Labute approximate surface area is 148 Å². The first kappa shape index (κ1) is 16.3. The van der Waals surface area contributed by atoms with Crippen molar-refractivity contribution >= 4 is 5.91 Å². The van der Waals surface area contributed by atoms with Gasteiger partial charge in [-0.1, -0.05) is 17.3 Å². The zero-order valence-electron chi connectivity index (χ0n) is 14.3. The van der Waals surface area contributed by atoms with Crippen LogP contribution >= 0.6 is 0 Å². The number of rotatable bonds is 5. The van der Waals surface area contributed by atoms with Gasteiger partial charge in [0.05, 0.1) is 6.04 Å². The summed E-state index contributed by atoms with van der Waals surface area (Å²) >= 11 is 0. The van der Waals surface area contributed by atoms with E-state index in [1.165, 1.54) is 4.68 Å². The molecule has 9 heteroatoms. The highest BCUT2D eigenvalue weighted by atomic mass is 16.5. The van der Waals surface area contributed by atoms with Crippen LogP contribution in [0.3, 0.4) is 0 Å². The molecule has 1 aromatic carbocycles. The van der Waals surface area contributed by atoms with Gasteiger partial charge in [-0.15, -0.1) is 0 Å². The summed E-state index contributed by atoms with van der Waals surface area (Å²) in [6.45, 7) is 0.625. The number of aromatic nitrogens is 4. The smallest absolute Gasteiger partial charge is 0.270 e. The predicted molar refractivity (Wildman–Crippen MR) is 89.4 cm³/mol. The van der Waals surface area contributed by atoms with Crippen LogP contribution in [0.2, 0.25) is 0 Å². The van der Waals surface area contributed by atoms with E-state index >= 15 is 0 Å². The number of methoxy groups -OCH3 is 1. The molecule has 1 atom stereocenters. The summed E-state index contributed by atoms with van der Waals surface area (Å²) in [6, 6.07) is 7.06. The number of aryl methyl sites for hydroxylation is 1. The van der Waals surface area contributed by atoms with Crippen molar-refractivity contribution in [3.63, 3.8) is 0 Å². The second kappa shape index (κ2) is 6.60. The molecule has 134 valence electrons. The van der Waals surface area contributed by atoms with Crippen LogP contribution in [0, 0.1) is 0 Å². The largest absolute Gasteiger partial charge is 0.491 e. The lowest BCUT2D eigenvalue weighted by Gasteiger charge is -2.11. The maximum atomic E-state index is 12.4. The van der Waals surface area contributed by atoms with Crippen molar-refractivity contribution in [3.8, 4) is 17.1 Å². The first-order valence-electron chi connectivity index (χ1n) is 8.03. The molecule has 2 aromatic heterocycles. The normalized spacial score (nSPS) is 15.5. The van der Waals surface area contributed by atoms with E-state index < -0.39 is 0 Å². The van der Waals surface area contributed by atoms with Gasteiger partial charge in [0.2, 0.25) is 5.82 Å². The summed E-state index contributed by atoms with van der Waals surface area (Å²) in [4.78, 5) is 16.6. The van der Waals surface area contributed by atoms with Crippen LogP contribution in [0.15, 0.2) is 35.0 Å². The molecule has 0 spiro atoms. The molecular formula is C17H17N5O4. The van der Waals surface area contributed by atoms with Crippen LogP contribution in [-0.2, 0) is 18.4 Å². The molecule has 0 radical (unpaired) electrons. The van der Waals surface area contributed by atoms with Crippen molar-refractivity contribution in [2.75, 3.05) is 13.7 Å². The second-order valence-electron chi connectivity index (χ2n) is 5.87. The molecule has 1 aliphatic heterocycles. The van der Waals surface area contributed by atoms with Gasteiger partial charge >= 0.3 is 0 Å². The standard InChI is InChI=1S/C17H17N5O4/c1-22-13(5-6-18-22)17(23)19-12-8-25-14-7-10(3-4-11(12)14)16-20-15(9-24-2)26-21-16/h3-7,12H,8-9H2,1-2H3,(H,19,23)/t12-/m1/s1. The molecule has 1 N–H and O–H groups in total. The van der Waals surface area contributed by atoms with Crippen LogP contribution in [0.25, 0.3) is 11.4 Å². The summed E-state index contributed by atoms with van der Waals surface area (Å²) in [5, 5.41) is 10.9. The third-order valence-electron chi connectivity index (χ3n) is 4.15. The van der Waals surface area contributed by atoms with Gasteiger partial charge in [-0.25, -0.2) is 0 Å². The fourth-order valence-electron chi connectivity index (χ4n) is 2.85. The summed E-state index contributed by atoms with van der Waals surface area (Å²) in [7, 11) is 3.29. The Morgan fingerprint density at radius 1 is 1.42 bits per heavy atom. The highest BCUT2D eigenvalue weighted by Gasteiger charge is 2.27. The first-order chi connectivity index (χ1) is 12.7. The van der Waals surface area contributed by atoms with Crippen molar-refractivity contribution in [2.45, 2.75) is 12.6 Å². The summed E-state index contributed by atoms with van der Waals surface area (Å²) in [6.07, 6.45) is 1.59. The lowest BCUT2D eigenvalue weighted by molar-refractivity contribution is 0.0920. The van der Waals surface area contributed by atoms with E-state index in [4.69, 9.17) is 14.0 Å². The Morgan fingerprint density at radius 2 is 2.31 bits per heavy atom. The van der Waals surface area contributed by atoms with Gasteiger partial charge in [-0.05, 0) is 12.1 Å². The molecule has 0 saturated heterocycles. The van der Waals surface area contributed by atoms with E-state index in [1.54, 1.807) is 26.4 Å². The monoisotopic (exact) mass is 355 g/mol. The Balaban J connectivity index is 1.52. The van der Waals surface area contributed by atoms with E-state index in [-0.39, 0.29) is 18.6 Å². The quantitative estimate of drug-likeness (QED) is 0.739. The molecular weight excluding hydrogens is 338 g/mol. The van der Waals surface area contributed by atoms with Crippen LogP contribution in [0.5, 0.6) is 5.75 Å². The third kappa shape index (κ3) is 2.93. The van der Waals surface area contributed by atoms with Crippen molar-refractivity contribution in [1.82, 2.24) is 25.2 Å². The minimum atomic E-state index is -0.226.